The molecule has 2 aromatic carbocycles. The Labute approximate surface area is 254 Å². The number of aliphatic carboxylic acids is 1. The number of likely N-dealkylation sites (tertiary alicyclic amines) is 1. The highest BCUT2D eigenvalue weighted by atomic mass is 16.7. The van der Waals surface area contributed by atoms with Gasteiger partial charge in [-0.15, -0.1) is 0 Å². The van der Waals surface area contributed by atoms with Crippen LogP contribution in [-0.4, -0.2) is 104 Å². The zero-order chi connectivity index (χ0) is 30.5. The van der Waals surface area contributed by atoms with Gasteiger partial charge in [0, 0.05) is 43.8 Å². The van der Waals surface area contributed by atoms with E-state index in [1.54, 1.807) is 4.90 Å². The maximum absolute atomic E-state index is 13.8. The Hall–Kier alpha value is -3.63. The van der Waals surface area contributed by atoms with E-state index in [-0.39, 0.29) is 31.1 Å². The van der Waals surface area contributed by atoms with Crippen LogP contribution in [0.3, 0.4) is 0 Å². The fourth-order valence-corrected chi connectivity index (χ4v) is 6.72. The van der Waals surface area contributed by atoms with Crippen LogP contribution in [0.5, 0.6) is 11.5 Å². The van der Waals surface area contributed by atoms with E-state index in [2.05, 4.69) is 11.8 Å². The Morgan fingerprint density at radius 3 is 2.56 bits per heavy atom. The second-order valence-electron chi connectivity index (χ2n) is 12.1. The number of carbonyl (C=O) groups excluding carboxylic acids is 2. The van der Waals surface area contributed by atoms with Crippen molar-refractivity contribution in [2.45, 2.75) is 51.0 Å². The average molecular weight is 593 g/mol. The number of unbranched alkanes of at least 4 members (excludes halogenated alkanes) is 1. The maximum Gasteiger partial charge on any atom is 0.308 e. The summed E-state index contributed by atoms with van der Waals surface area (Å²) in [6.45, 7) is 5.47. The second kappa shape index (κ2) is 13.8. The minimum atomic E-state index is -0.899. The van der Waals surface area contributed by atoms with Crippen LogP contribution < -0.4 is 14.4 Å². The molecule has 5 rings (SSSR count). The Morgan fingerprint density at radius 1 is 1.02 bits per heavy atom. The Bertz CT molecular complexity index is 1320. The van der Waals surface area contributed by atoms with Crippen molar-refractivity contribution in [1.29, 1.82) is 0 Å². The van der Waals surface area contributed by atoms with Crippen molar-refractivity contribution in [3.63, 3.8) is 0 Å². The molecule has 0 radical (unpaired) electrons. The Kier molecular flexibility index (Phi) is 9.87. The molecule has 10 nitrogen and oxygen atoms in total. The first-order valence-electron chi connectivity index (χ1n) is 15.4. The molecule has 2 aromatic rings. The number of ether oxygens (including phenoxy) is 2. The van der Waals surface area contributed by atoms with E-state index >= 15 is 0 Å². The van der Waals surface area contributed by atoms with Gasteiger partial charge in [-0.1, -0.05) is 37.6 Å². The van der Waals surface area contributed by atoms with Crippen LogP contribution in [0.4, 0.5) is 5.69 Å². The van der Waals surface area contributed by atoms with E-state index in [1.165, 1.54) is 0 Å². The molecule has 0 bridgehead atoms. The SMILES string of the molecule is CCCCN(CCCN(C)C)C(=O)CN1C[C@H](c2ccc3c(c2)OCO3)C(C(=O)O)[C@@H]1CCN1C(=O)Cc2ccccc21. The summed E-state index contributed by atoms with van der Waals surface area (Å²) in [7, 11) is 4.05. The molecular formula is C33H44N4O6. The molecule has 1 unspecified atom stereocenters. The van der Waals surface area contributed by atoms with Crippen LogP contribution in [0.2, 0.25) is 0 Å². The van der Waals surface area contributed by atoms with Crippen LogP contribution in [0.25, 0.3) is 0 Å². The lowest BCUT2D eigenvalue weighted by Crippen LogP contribution is -2.46. The van der Waals surface area contributed by atoms with E-state index in [0.717, 1.165) is 42.6 Å². The minimum Gasteiger partial charge on any atom is -0.481 e. The van der Waals surface area contributed by atoms with Crippen LogP contribution in [0.15, 0.2) is 42.5 Å². The lowest BCUT2D eigenvalue weighted by Gasteiger charge is -2.31. The molecule has 0 spiro atoms. The van der Waals surface area contributed by atoms with E-state index in [0.29, 0.717) is 50.5 Å². The van der Waals surface area contributed by atoms with Gasteiger partial charge in [-0.25, -0.2) is 0 Å². The molecule has 3 heterocycles. The molecule has 1 fully saturated rings. The van der Waals surface area contributed by atoms with E-state index in [9.17, 15) is 19.5 Å². The first-order chi connectivity index (χ1) is 20.8. The van der Waals surface area contributed by atoms with Crippen molar-refractivity contribution in [2.24, 2.45) is 5.92 Å². The second-order valence-corrected chi connectivity index (χ2v) is 12.1. The number of carbonyl (C=O) groups is 3. The summed E-state index contributed by atoms with van der Waals surface area (Å²) in [5.41, 5.74) is 2.73. The zero-order valence-electron chi connectivity index (χ0n) is 25.5. The molecule has 232 valence electrons. The topological polar surface area (TPSA) is 103 Å². The third-order valence-electron chi connectivity index (χ3n) is 8.94. The molecule has 2 amide bonds. The third-order valence-corrected chi connectivity index (χ3v) is 8.94. The highest BCUT2D eigenvalue weighted by Gasteiger charge is 2.47. The van der Waals surface area contributed by atoms with Crippen molar-refractivity contribution in [3.05, 3.63) is 53.6 Å². The molecule has 3 aliphatic rings. The number of benzene rings is 2. The number of carboxylic acids is 1. The molecule has 10 heteroatoms. The van der Waals surface area contributed by atoms with Crippen molar-refractivity contribution < 1.29 is 29.0 Å². The first-order valence-corrected chi connectivity index (χ1v) is 15.4. The highest BCUT2D eigenvalue weighted by Crippen LogP contribution is 2.43. The lowest BCUT2D eigenvalue weighted by molar-refractivity contribution is -0.143. The standard InChI is InChI=1S/C33H44N4O6/c1-4-5-15-35(16-8-14-34(2)3)31(39)21-36-20-25(23-11-12-28-29(18-23)43-22-42-28)32(33(40)41)27(36)13-17-37-26-10-7-6-9-24(26)19-30(37)38/h6-7,9-12,18,25,27,32H,4-5,8,13-17,19-22H2,1-3H3,(H,40,41)/t25-,27+,32?/m1/s1. The zero-order valence-corrected chi connectivity index (χ0v) is 25.5. The van der Waals surface area contributed by atoms with Gasteiger partial charge in [-0.3, -0.25) is 19.3 Å². The smallest absolute Gasteiger partial charge is 0.308 e. The predicted octanol–water partition coefficient (Wildman–Crippen LogP) is 3.44. The van der Waals surface area contributed by atoms with Crippen molar-refractivity contribution in [3.8, 4) is 11.5 Å². The lowest BCUT2D eigenvalue weighted by atomic mass is 9.84. The Morgan fingerprint density at radius 2 is 1.79 bits per heavy atom. The number of carboxylic acid groups (broad SMARTS) is 1. The van der Waals surface area contributed by atoms with Crippen molar-refractivity contribution in [1.82, 2.24) is 14.7 Å². The van der Waals surface area contributed by atoms with Crippen LogP contribution in [0.1, 0.15) is 49.7 Å². The van der Waals surface area contributed by atoms with Gasteiger partial charge in [0.25, 0.3) is 0 Å². The van der Waals surface area contributed by atoms with Crippen molar-refractivity contribution >= 4 is 23.5 Å². The normalized spacial score (nSPS) is 21.1. The third kappa shape index (κ3) is 6.96. The summed E-state index contributed by atoms with van der Waals surface area (Å²) < 4.78 is 11.1. The van der Waals surface area contributed by atoms with Crippen LogP contribution in [0, 0.1) is 5.92 Å². The molecule has 0 aromatic heterocycles. The van der Waals surface area contributed by atoms with Gasteiger partial charge in [0.2, 0.25) is 18.6 Å². The van der Waals surface area contributed by atoms with E-state index < -0.39 is 17.9 Å². The number of hydrogen-bond acceptors (Lipinski definition) is 7. The number of anilines is 1. The summed E-state index contributed by atoms with van der Waals surface area (Å²) in [5.74, 6) is -0.693. The molecule has 3 aliphatic heterocycles. The predicted molar refractivity (Wildman–Crippen MR) is 164 cm³/mol. The summed E-state index contributed by atoms with van der Waals surface area (Å²) in [6.07, 6.45) is 3.58. The molecule has 3 atom stereocenters. The van der Waals surface area contributed by atoms with Gasteiger partial charge in [-0.2, -0.15) is 0 Å². The van der Waals surface area contributed by atoms with Gasteiger partial charge in [0.05, 0.1) is 18.9 Å². The van der Waals surface area contributed by atoms with Crippen LogP contribution in [-0.2, 0) is 20.8 Å². The summed E-state index contributed by atoms with van der Waals surface area (Å²) in [5, 5.41) is 10.6. The van der Waals surface area contributed by atoms with Gasteiger partial charge < -0.3 is 29.3 Å². The monoisotopic (exact) mass is 592 g/mol. The van der Waals surface area contributed by atoms with Crippen LogP contribution >= 0.6 is 0 Å². The van der Waals surface area contributed by atoms with Gasteiger partial charge in [0.15, 0.2) is 11.5 Å². The molecule has 43 heavy (non-hydrogen) atoms. The quantitative estimate of drug-likeness (QED) is 0.356. The summed E-state index contributed by atoms with van der Waals surface area (Å²) in [6, 6.07) is 12.9. The maximum atomic E-state index is 13.8. The molecule has 0 aliphatic carbocycles. The number of hydrogen-bond donors (Lipinski definition) is 1. The molecular weight excluding hydrogens is 548 g/mol. The van der Waals surface area contributed by atoms with Crippen molar-refractivity contribution in [2.75, 3.05) is 65.1 Å². The molecule has 0 saturated carbocycles. The molecule has 1 N–H and O–H groups in total. The Balaban J connectivity index is 1.39. The van der Waals surface area contributed by atoms with E-state index in [1.807, 2.05) is 66.4 Å². The number of nitrogens with zero attached hydrogens (tertiary/aromatic N) is 4. The average Bonchev–Trinajstić information content (AvgIpc) is 3.68. The van der Waals surface area contributed by atoms with E-state index in [4.69, 9.17) is 9.47 Å². The summed E-state index contributed by atoms with van der Waals surface area (Å²) in [4.78, 5) is 47.6. The highest BCUT2D eigenvalue weighted by molar-refractivity contribution is 6.01. The number of fused-ring (bicyclic) bond motifs is 2. The summed E-state index contributed by atoms with van der Waals surface area (Å²) >= 11 is 0. The van der Waals surface area contributed by atoms with Gasteiger partial charge in [0.1, 0.15) is 0 Å². The minimum absolute atomic E-state index is 0.0210. The largest absolute Gasteiger partial charge is 0.481 e. The fraction of sp³-hybridized carbons (Fsp3) is 0.545. The van der Waals surface area contributed by atoms with Gasteiger partial charge >= 0.3 is 5.97 Å². The van der Waals surface area contributed by atoms with Gasteiger partial charge in [-0.05, 0) is 69.2 Å². The number of amides is 2. The fourth-order valence-electron chi connectivity index (χ4n) is 6.72. The first kappa shape index (κ1) is 30.8. The number of para-hydroxylation sites is 1. The molecule has 1 saturated heterocycles. The number of rotatable bonds is 14.